The highest BCUT2D eigenvalue weighted by atomic mass is 16.5. The molecular formula is C26H38O4. The first-order valence-corrected chi connectivity index (χ1v) is 11.1. The number of esters is 1. The molecule has 0 saturated heterocycles. The molecule has 1 aliphatic rings. The van der Waals surface area contributed by atoms with Gasteiger partial charge in [-0.3, -0.25) is 4.79 Å². The normalized spacial score (nSPS) is 19.3. The van der Waals surface area contributed by atoms with E-state index < -0.39 is 0 Å². The molecule has 0 amide bonds. The molecular weight excluding hydrogens is 376 g/mol. The van der Waals surface area contributed by atoms with Crippen LogP contribution < -0.4 is 0 Å². The fraction of sp³-hybridized carbons (Fsp3) is 0.577. The van der Waals surface area contributed by atoms with Crippen molar-refractivity contribution in [1.29, 1.82) is 0 Å². The average Bonchev–Trinajstić information content (AvgIpc) is 2.65. The van der Waals surface area contributed by atoms with E-state index in [1.165, 1.54) is 13.3 Å². The largest absolute Gasteiger partial charge is 0.507 e. The number of allylic oxidation sites excluding steroid dienone is 2. The van der Waals surface area contributed by atoms with Gasteiger partial charge in [-0.1, -0.05) is 58.3 Å². The van der Waals surface area contributed by atoms with Crippen molar-refractivity contribution in [1.82, 2.24) is 0 Å². The molecule has 1 aromatic rings. The second-order valence-electron chi connectivity index (χ2n) is 9.39. The van der Waals surface area contributed by atoms with Gasteiger partial charge >= 0.3 is 5.97 Å². The van der Waals surface area contributed by atoms with Gasteiger partial charge in [0, 0.05) is 18.4 Å². The standard InChI is InChI=1S/C26H38O4/c1-7-8-9-12-26(5,6)20-14-23(28)25(24(29)15-20)22-13-19(16-30-18(4)27)10-11-21(22)17(2)3/h13-15,21-22,28-29H,2,7-12,16H2,1,3-6H3/t21-,22+/m1/s1. The van der Waals surface area contributed by atoms with Crippen molar-refractivity contribution in [2.45, 2.75) is 84.5 Å². The summed E-state index contributed by atoms with van der Waals surface area (Å²) in [5.74, 6) is -0.148. The lowest BCUT2D eigenvalue weighted by atomic mass is 9.72. The minimum absolute atomic E-state index is 0.117. The fourth-order valence-corrected chi connectivity index (χ4v) is 4.44. The van der Waals surface area contributed by atoms with Gasteiger partial charge in [-0.05, 0) is 60.8 Å². The van der Waals surface area contributed by atoms with E-state index in [0.29, 0.717) is 5.56 Å². The Kier molecular flexibility index (Phi) is 8.17. The maximum absolute atomic E-state index is 11.2. The van der Waals surface area contributed by atoms with Crippen LogP contribution in [0.15, 0.2) is 35.9 Å². The quantitative estimate of drug-likeness (QED) is 0.274. The summed E-state index contributed by atoms with van der Waals surface area (Å²) in [6, 6.07) is 3.62. The molecule has 2 N–H and O–H groups in total. The molecule has 0 heterocycles. The SMILES string of the molecule is C=C(C)[C@H]1CCC(COC(C)=O)=C[C@@H]1c1c(O)cc(C(C)(C)CCCCC)cc1O. The van der Waals surface area contributed by atoms with Crippen molar-refractivity contribution >= 4 is 5.97 Å². The number of aromatic hydroxyl groups is 2. The summed E-state index contributed by atoms with van der Waals surface area (Å²) >= 11 is 0. The van der Waals surface area contributed by atoms with Crippen molar-refractivity contribution in [3.63, 3.8) is 0 Å². The monoisotopic (exact) mass is 414 g/mol. The Morgan fingerprint density at radius 3 is 2.37 bits per heavy atom. The lowest BCUT2D eigenvalue weighted by molar-refractivity contribution is -0.140. The second kappa shape index (κ2) is 10.2. The Hall–Kier alpha value is -2.23. The summed E-state index contributed by atoms with van der Waals surface area (Å²) in [7, 11) is 0. The van der Waals surface area contributed by atoms with Gasteiger partial charge in [0.2, 0.25) is 0 Å². The van der Waals surface area contributed by atoms with E-state index in [1.54, 1.807) is 0 Å². The summed E-state index contributed by atoms with van der Waals surface area (Å²) in [4.78, 5) is 11.2. The van der Waals surface area contributed by atoms with Crippen LogP contribution in [-0.4, -0.2) is 22.8 Å². The van der Waals surface area contributed by atoms with Crippen LogP contribution in [0.1, 0.15) is 90.2 Å². The number of hydrogen-bond donors (Lipinski definition) is 2. The molecule has 0 bridgehead atoms. The first-order valence-electron chi connectivity index (χ1n) is 11.1. The van der Waals surface area contributed by atoms with E-state index in [-0.39, 0.29) is 41.3 Å². The van der Waals surface area contributed by atoms with E-state index in [4.69, 9.17) is 4.74 Å². The summed E-state index contributed by atoms with van der Waals surface area (Å²) in [5, 5.41) is 21.9. The van der Waals surface area contributed by atoms with Gasteiger partial charge in [0.15, 0.2) is 0 Å². The van der Waals surface area contributed by atoms with E-state index in [2.05, 4.69) is 27.4 Å². The summed E-state index contributed by atoms with van der Waals surface area (Å²) < 4.78 is 5.18. The van der Waals surface area contributed by atoms with Crippen LogP contribution >= 0.6 is 0 Å². The average molecular weight is 415 g/mol. The van der Waals surface area contributed by atoms with Gasteiger partial charge in [-0.15, -0.1) is 0 Å². The van der Waals surface area contributed by atoms with E-state index in [9.17, 15) is 15.0 Å². The Morgan fingerprint density at radius 2 is 1.83 bits per heavy atom. The molecule has 4 heteroatoms. The zero-order chi connectivity index (χ0) is 22.5. The lowest BCUT2D eigenvalue weighted by Crippen LogP contribution is -2.21. The van der Waals surface area contributed by atoms with Gasteiger partial charge in [-0.25, -0.2) is 0 Å². The van der Waals surface area contributed by atoms with Gasteiger partial charge in [0.1, 0.15) is 18.1 Å². The Morgan fingerprint density at radius 1 is 1.20 bits per heavy atom. The number of unbranched alkanes of at least 4 members (excludes halogenated alkanes) is 2. The Labute approximate surface area is 181 Å². The van der Waals surface area contributed by atoms with Crippen LogP contribution in [0.5, 0.6) is 11.5 Å². The Bertz CT molecular complexity index is 780. The minimum atomic E-state index is -0.310. The molecule has 2 atom stereocenters. The number of phenols is 2. The highest BCUT2D eigenvalue weighted by Crippen LogP contribution is 2.48. The smallest absolute Gasteiger partial charge is 0.302 e. The van der Waals surface area contributed by atoms with Crippen LogP contribution in [-0.2, 0) is 14.9 Å². The molecule has 0 radical (unpaired) electrons. The number of benzene rings is 1. The molecule has 166 valence electrons. The molecule has 4 nitrogen and oxygen atoms in total. The van der Waals surface area contributed by atoms with Gasteiger partial charge in [0.25, 0.3) is 0 Å². The maximum atomic E-state index is 11.2. The summed E-state index contributed by atoms with van der Waals surface area (Å²) in [6.45, 7) is 14.3. The van der Waals surface area contributed by atoms with Crippen LogP contribution in [0.25, 0.3) is 0 Å². The summed E-state index contributed by atoms with van der Waals surface area (Å²) in [5.41, 5.74) is 3.39. The van der Waals surface area contributed by atoms with Crippen LogP contribution in [0.2, 0.25) is 0 Å². The molecule has 0 fully saturated rings. The predicted octanol–water partition coefficient (Wildman–Crippen LogP) is 6.51. The maximum Gasteiger partial charge on any atom is 0.302 e. The van der Waals surface area contributed by atoms with Crippen LogP contribution in [0, 0.1) is 5.92 Å². The number of rotatable bonds is 9. The molecule has 0 saturated carbocycles. The highest BCUT2D eigenvalue weighted by molar-refractivity contribution is 5.66. The number of carbonyl (C=O) groups is 1. The zero-order valence-electron chi connectivity index (χ0n) is 19.3. The Balaban J connectivity index is 2.40. The zero-order valence-corrected chi connectivity index (χ0v) is 19.3. The lowest BCUT2D eigenvalue weighted by Gasteiger charge is -2.33. The van der Waals surface area contributed by atoms with Gasteiger partial charge in [0.05, 0.1) is 0 Å². The fourth-order valence-electron chi connectivity index (χ4n) is 4.44. The molecule has 1 aliphatic carbocycles. The van der Waals surface area contributed by atoms with E-state index in [1.807, 2.05) is 25.1 Å². The predicted molar refractivity (Wildman–Crippen MR) is 122 cm³/mol. The van der Waals surface area contributed by atoms with Crippen molar-refractivity contribution in [3.8, 4) is 11.5 Å². The third kappa shape index (κ3) is 5.90. The van der Waals surface area contributed by atoms with Crippen LogP contribution in [0.4, 0.5) is 0 Å². The molecule has 0 aromatic heterocycles. The number of phenolic OH excluding ortho intramolecular Hbond substituents is 2. The molecule has 2 rings (SSSR count). The number of hydrogen-bond acceptors (Lipinski definition) is 4. The molecule has 0 unspecified atom stereocenters. The number of ether oxygens (including phenoxy) is 1. The third-order valence-electron chi connectivity index (χ3n) is 6.38. The number of carbonyl (C=O) groups excluding carboxylic acids is 1. The second-order valence-corrected chi connectivity index (χ2v) is 9.39. The van der Waals surface area contributed by atoms with Crippen LogP contribution in [0.3, 0.4) is 0 Å². The topological polar surface area (TPSA) is 66.8 Å². The van der Waals surface area contributed by atoms with E-state index >= 15 is 0 Å². The molecule has 0 spiro atoms. The van der Waals surface area contributed by atoms with E-state index in [0.717, 1.165) is 48.8 Å². The van der Waals surface area contributed by atoms with Crippen molar-refractivity contribution in [2.24, 2.45) is 5.92 Å². The van der Waals surface area contributed by atoms with Crippen molar-refractivity contribution in [2.75, 3.05) is 6.61 Å². The van der Waals surface area contributed by atoms with Gasteiger partial charge < -0.3 is 14.9 Å². The minimum Gasteiger partial charge on any atom is -0.507 e. The van der Waals surface area contributed by atoms with Gasteiger partial charge in [-0.2, -0.15) is 0 Å². The van der Waals surface area contributed by atoms with Crippen molar-refractivity contribution < 1.29 is 19.7 Å². The summed E-state index contributed by atoms with van der Waals surface area (Å²) in [6.07, 6.45) is 8.15. The molecule has 1 aromatic carbocycles. The third-order valence-corrected chi connectivity index (χ3v) is 6.38. The molecule has 30 heavy (non-hydrogen) atoms. The first kappa shape index (κ1) is 24.0. The first-order chi connectivity index (χ1) is 14.1. The van der Waals surface area contributed by atoms with Crippen molar-refractivity contribution in [3.05, 3.63) is 47.1 Å². The molecule has 0 aliphatic heterocycles. The highest BCUT2D eigenvalue weighted by Gasteiger charge is 2.32.